The van der Waals surface area contributed by atoms with E-state index in [2.05, 4.69) is 20.4 Å². The summed E-state index contributed by atoms with van der Waals surface area (Å²) >= 11 is 0. The molecule has 0 spiro atoms. The standard InChI is InChI=1S/C20H25F2N3O3.HI/c1-2-23-20(24-12-13-27-16-6-4-3-5-7-16)25-14-18(26)15-8-10-17(11-9-15)28-19(21)22;/h3-11,18-19,26H,2,12-14H2,1H3,(H2,23,24,25);1H. The molecule has 9 heteroatoms. The fraction of sp³-hybridized carbons (Fsp3) is 0.350. The number of halogens is 3. The number of nitrogens with one attached hydrogen (secondary N) is 2. The Morgan fingerprint density at radius 2 is 1.72 bits per heavy atom. The number of hydrogen-bond acceptors (Lipinski definition) is 4. The van der Waals surface area contributed by atoms with Gasteiger partial charge in [-0.15, -0.1) is 24.0 Å². The van der Waals surface area contributed by atoms with Gasteiger partial charge < -0.3 is 25.2 Å². The Morgan fingerprint density at radius 3 is 2.34 bits per heavy atom. The number of hydrogen-bond donors (Lipinski definition) is 3. The molecule has 2 aromatic rings. The molecule has 2 aromatic carbocycles. The monoisotopic (exact) mass is 521 g/mol. The quantitative estimate of drug-likeness (QED) is 0.193. The second-order valence-corrected chi connectivity index (χ2v) is 5.77. The Bertz CT molecular complexity index is 719. The molecule has 0 bridgehead atoms. The number of alkyl halides is 2. The number of ether oxygens (including phenoxy) is 2. The first-order valence-corrected chi connectivity index (χ1v) is 9.01. The third kappa shape index (κ3) is 9.75. The van der Waals surface area contributed by atoms with Gasteiger partial charge in [-0.25, -0.2) is 0 Å². The van der Waals surface area contributed by atoms with Crippen LogP contribution in [0.25, 0.3) is 0 Å². The molecule has 160 valence electrons. The molecule has 0 saturated carbocycles. The zero-order chi connectivity index (χ0) is 20.2. The van der Waals surface area contributed by atoms with Gasteiger partial charge in [-0.2, -0.15) is 8.78 Å². The maximum atomic E-state index is 12.2. The molecule has 0 aliphatic carbocycles. The molecular weight excluding hydrogens is 495 g/mol. The van der Waals surface area contributed by atoms with Gasteiger partial charge in [0.15, 0.2) is 5.96 Å². The van der Waals surface area contributed by atoms with Crippen molar-refractivity contribution in [3.05, 3.63) is 60.2 Å². The maximum absolute atomic E-state index is 12.2. The van der Waals surface area contributed by atoms with Gasteiger partial charge in [-0.3, -0.25) is 4.99 Å². The Labute approximate surface area is 186 Å². The van der Waals surface area contributed by atoms with E-state index < -0.39 is 12.7 Å². The molecule has 0 aliphatic heterocycles. The van der Waals surface area contributed by atoms with Crippen molar-refractivity contribution in [3.63, 3.8) is 0 Å². The fourth-order valence-corrected chi connectivity index (χ4v) is 2.35. The molecule has 0 amide bonds. The Hall–Kier alpha value is -2.14. The summed E-state index contributed by atoms with van der Waals surface area (Å²) in [5.74, 6) is 1.39. The third-order valence-electron chi connectivity index (χ3n) is 3.66. The van der Waals surface area contributed by atoms with Gasteiger partial charge in [0.2, 0.25) is 0 Å². The molecular formula is C20H26F2IN3O3. The van der Waals surface area contributed by atoms with E-state index in [0.717, 1.165) is 5.75 Å². The number of para-hydroxylation sites is 1. The Balaban J connectivity index is 0.00000420. The van der Waals surface area contributed by atoms with Crippen molar-refractivity contribution in [2.75, 3.05) is 26.2 Å². The second kappa shape index (κ2) is 13.9. The fourth-order valence-electron chi connectivity index (χ4n) is 2.35. The largest absolute Gasteiger partial charge is 0.492 e. The highest BCUT2D eigenvalue weighted by molar-refractivity contribution is 14.0. The molecule has 2 rings (SSSR count). The van der Waals surface area contributed by atoms with E-state index in [4.69, 9.17) is 4.74 Å². The zero-order valence-corrected chi connectivity index (χ0v) is 18.4. The van der Waals surface area contributed by atoms with Gasteiger partial charge in [0, 0.05) is 6.54 Å². The predicted octanol–water partition coefficient (Wildman–Crippen LogP) is 3.57. The van der Waals surface area contributed by atoms with Crippen molar-refractivity contribution >= 4 is 29.9 Å². The molecule has 6 nitrogen and oxygen atoms in total. The van der Waals surface area contributed by atoms with Crippen LogP contribution in [0.4, 0.5) is 8.78 Å². The van der Waals surface area contributed by atoms with E-state index in [1.165, 1.54) is 24.3 Å². The van der Waals surface area contributed by atoms with Crippen LogP contribution in [0.1, 0.15) is 18.6 Å². The summed E-state index contributed by atoms with van der Waals surface area (Å²) < 4.78 is 34.2. The summed E-state index contributed by atoms with van der Waals surface area (Å²) in [7, 11) is 0. The minimum Gasteiger partial charge on any atom is -0.492 e. The van der Waals surface area contributed by atoms with Crippen LogP contribution < -0.4 is 20.1 Å². The lowest BCUT2D eigenvalue weighted by molar-refractivity contribution is -0.0498. The molecule has 1 atom stereocenters. The highest BCUT2D eigenvalue weighted by Crippen LogP contribution is 2.19. The normalized spacial score (nSPS) is 12.1. The van der Waals surface area contributed by atoms with E-state index in [-0.39, 0.29) is 36.3 Å². The molecule has 0 aliphatic rings. The molecule has 1 unspecified atom stereocenters. The van der Waals surface area contributed by atoms with Crippen molar-refractivity contribution in [2.24, 2.45) is 4.99 Å². The van der Waals surface area contributed by atoms with E-state index in [9.17, 15) is 13.9 Å². The van der Waals surface area contributed by atoms with Gasteiger partial charge in [0.25, 0.3) is 0 Å². The van der Waals surface area contributed by atoms with E-state index in [1.807, 2.05) is 37.3 Å². The second-order valence-electron chi connectivity index (χ2n) is 5.77. The van der Waals surface area contributed by atoms with Crippen molar-refractivity contribution < 1.29 is 23.4 Å². The molecule has 0 heterocycles. The summed E-state index contributed by atoms with van der Waals surface area (Å²) in [4.78, 5) is 4.34. The number of aliphatic imine (C=N–C) groups is 1. The van der Waals surface area contributed by atoms with Gasteiger partial charge in [-0.1, -0.05) is 30.3 Å². The van der Waals surface area contributed by atoms with E-state index in [1.54, 1.807) is 0 Å². The first kappa shape index (κ1) is 24.9. The Kier molecular flexibility index (Phi) is 12.0. The van der Waals surface area contributed by atoms with Crippen LogP contribution in [0.5, 0.6) is 11.5 Å². The number of rotatable bonds is 10. The Morgan fingerprint density at radius 1 is 1.03 bits per heavy atom. The zero-order valence-electron chi connectivity index (χ0n) is 16.1. The molecule has 29 heavy (non-hydrogen) atoms. The summed E-state index contributed by atoms with van der Waals surface area (Å²) in [6, 6.07) is 15.3. The van der Waals surface area contributed by atoms with Crippen molar-refractivity contribution in [3.8, 4) is 11.5 Å². The topological polar surface area (TPSA) is 75.1 Å². The highest BCUT2D eigenvalue weighted by atomic mass is 127. The van der Waals surface area contributed by atoms with Gasteiger partial charge in [0.1, 0.15) is 18.1 Å². The molecule has 0 aromatic heterocycles. The van der Waals surface area contributed by atoms with Crippen LogP contribution in [-0.4, -0.2) is 43.9 Å². The minimum absolute atomic E-state index is 0. The van der Waals surface area contributed by atoms with Crippen LogP contribution in [0, 0.1) is 0 Å². The summed E-state index contributed by atoms with van der Waals surface area (Å²) in [5.41, 5.74) is 0.564. The van der Waals surface area contributed by atoms with Crippen LogP contribution in [0.2, 0.25) is 0 Å². The first-order valence-electron chi connectivity index (χ1n) is 9.01. The number of aliphatic hydroxyl groups excluding tert-OH is 1. The predicted molar refractivity (Wildman–Crippen MR) is 119 cm³/mol. The summed E-state index contributed by atoms with van der Waals surface area (Å²) in [6.07, 6.45) is -0.864. The van der Waals surface area contributed by atoms with Crippen molar-refractivity contribution in [1.29, 1.82) is 0 Å². The average Bonchev–Trinajstić information content (AvgIpc) is 2.70. The van der Waals surface area contributed by atoms with Crippen molar-refractivity contribution in [2.45, 2.75) is 19.6 Å². The summed E-state index contributed by atoms with van der Waals surface area (Å²) in [6.45, 7) is 0.847. The van der Waals surface area contributed by atoms with E-state index >= 15 is 0 Å². The molecule has 3 N–H and O–H groups in total. The highest BCUT2D eigenvalue weighted by Gasteiger charge is 2.09. The van der Waals surface area contributed by atoms with Gasteiger partial charge in [-0.05, 0) is 36.8 Å². The molecule has 0 fully saturated rings. The lowest BCUT2D eigenvalue weighted by Crippen LogP contribution is -2.39. The average molecular weight is 521 g/mol. The number of benzene rings is 2. The van der Waals surface area contributed by atoms with Crippen LogP contribution in [-0.2, 0) is 0 Å². The van der Waals surface area contributed by atoms with Crippen LogP contribution >= 0.6 is 24.0 Å². The lowest BCUT2D eigenvalue weighted by atomic mass is 10.1. The SMILES string of the molecule is CCNC(=NCC(O)c1ccc(OC(F)F)cc1)NCCOc1ccccc1.I. The number of nitrogens with zero attached hydrogens (tertiary/aromatic N) is 1. The minimum atomic E-state index is -2.88. The maximum Gasteiger partial charge on any atom is 0.387 e. The molecule has 0 radical (unpaired) electrons. The smallest absolute Gasteiger partial charge is 0.387 e. The number of aliphatic hydroxyl groups is 1. The van der Waals surface area contributed by atoms with E-state index in [0.29, 0.717) is 31.2 Å². The third-order valence-corrected chi connectivity index (χ3v) is 3.66. The molecule has 0 saturated heterocycles. The number of guanidine groups is 1. The van der Waals surface area contributed by atoms with Gasteiger partial charge >= 0.3 is 6.61 Å². The van der Waals surface area contributed by atoms with Crippen LogP contribution in [0.15, 0.2) is 59.6 Å². The van der Waals surface area contributed by atoms with Gasteiger partial charge in [0.05, 0.1) is 19.2 Å². The first-order chi connectivity index (χ1) is 13.6. The van der Waals surface area contributed by atoms with Crippen molar-refractivity contribution in [1.82, 2.24) is 10.6 Å². The lowest BCUT2D eigenvalue weighted by Gasteiger charge is -2.14. The van der Waals surface area contributed by atoms with Crippen LogP contribution in [0.3, 0.4) is 0 Å². The summed E-state index contributed by atoms with van der Waals surface area (Å²) in [5, 5.41) is 16.5.